The second-order valence-corrected chi connectivity index (χ2v) is 6.60. The molecule has 24 heavy (non-hydrogen) atoms. The molecule has 3 N–H and O–H groups in total. The molecule has 0 aromatic heterocycles. The van der Waals surface area contributed by atoms with Gasteiger partial charge < -0.3 is 5.32 Å². The quantitative estimate of drug-likeness (QED) is 0.380. The van der Waals surface area contributed by atoms with E-state index in [9.17, 15) is 9.59 Å². The standard InChI is InChI=1S/C19H28N2O3/c22-18(9-5-2-6-10-19(23)21-24)20-17-13-11-16(12-14-17)15-7-3-1-4-8-15/h11-15,24H,1-10H2,(H,20,22)(H,21,23). The molecular weight excluding hydrogens is 304 g/mol. The molecule has 1 aliphatic carbocycles. The molecule has 0 spiro atoms. The van der Waals surface area contributed by atoms with Gasteiger partial charge in [0.1, 0.15) is 0 Å². The Kier molecular flexibility index (Phi) is 7.75. The zero-order valence-electron chi connectivity index (χ0n) is 14.2. The Morgan fingerprint density at radius 2 is 1.54 bits per heavy atom. The molecule has 2 amide bonds. The highest BCUT2D eigenvalue weighted by molar-refractivity contribution is 5.90. The summed E-state index contributed by atoms with van der Waals surface area (Å²) in [5.41, 5.74) is 3.84. The Morgan fingerprint density at radius 3 is 2.17 bits per heavy atom. The fourth-order valence-electron chi connectivity index (χ4n) is 3.30. The van der Waals surface area contributed by atoms with E-state index in [-0.39, 0.29) is 11.8 Å². The van der Waals surface area contributed by atoms with Crippen molar-refractivity contribution in [2.45, 2.75) is 70.1 Å². The minimum Gasteiger partial charge on any atom is -0.326 e. The van der Waals surface area contributed by atoms with Crippen molar-refractivity contribution in [2.24, 2.45) is 0 Å². The number of carbonyl (C=O) groups is 2. The van der Waals surface area contributed by atoms with Crippen LogP contribution in [0.15, 0.2) is 24.3 Å². The van der Waals surface area contributed by atoms with Crippen LogP contribution in [0.4, 0.5) is 5.69 Å². The van der Waals surface area contributed by atoms with E-state index < -0.39 is 0 Å². The summed E-state index contributed by atoms with van der Waals surface area (Å²) < 4.78 is 0. The second-order valence-electron chi connectivity index (χ2n) is 6.60. The van der Waals surface area contributed by atoms with Gasteiger partial charge in [-0.1, -0.05) is 37.8 Å². The average molecular weight is 332 g/mol. The van der Waals surface area contributed by atoms with Crippen LogP contribution in [0.5, 0.6) is 0 Å². The highest BCUT2D eigenvalue weighted by atomic mass is 16.5. The first-order chi connectivity index (χ1) is 11.7. The Labute approximate surface area is 143 Å². The van der Waals surface area contributed by atoms with E-state index in [0.29, 0.717) is 25.2 Å². The molecule has 0 unspecified atom stereocenters. The molecule has 0 saturated heterocycles. The normalized spacial score (nSPS) is 15.0. The molecule has 132 valence electrons. The highest BCUT2D eigenvalue weighted by Gasteiger charge is 2.15. The van der Waals surface area contributed by atoms with Crippen molar-refractivity contribution in [2.75, 3.05) is 5.32 Å². The first kappa shape index (κ1) is 18.5. The number of rotatable bonds is 8. The highest BCUT2D eigenvalue weighted by Crippen LogP contribution is 2.32. The summed E-state index contributed by atoms with van der Waals surface area (Å²) in [5, 5.41) is 11.3. The molecule has 0 bridgehead atoms. The Bertz CT molecular complexity index is 522. The third kappa shape index (κ3) is 6.32. The zero-order valence-corrected chi connectivity index (χ0v) is 14.2. The Hall–Kier alpha value is -1.88. The van der Waals surface area contributed by atoms with Crippen molar-refractivity contribution in [3.63, 3.8) is 0 Å². The maximum absolute atomic E-state index is 11.9. The van der Waals surface area contributed by atoms with Gasteiger partial charge in [0, 0.05) is 18.5 Å². The van der Waals surface area contributed by atoms with Gasteiger partial charge in [-0.05, 0) is 49.3 Å². The Balaban J connectivity index is 1.67. The fourth-order valence-corrected chi connectivity index (χ4v) is 3.30. The van der Waals surface area contributed by atoms with Crippen LogP contribution in [-0.4, -0.2) is 17.0 Å². The molecule has 0 aliphatic heterocycles. The fraction of sp³-hybridized carbons (Fsp3) is 0.579. The third-order valence-electron chi connectivity index (χ3n) is 4.70. The minimum atomic E-state index is -0.377. The van der Waals surface area contributed by atoms with Gasteiger partial charge in [-0.2, -0.15) is 0 Å². The molecule has 5 nitrogen and oxygen atoms in total. The number of hydrogen-bond acceptors (Lipinski definition) is 3. The summed E-state index contributed by atoms with van der Waals surface area (Å²) in [4.78, 5) is 22.8. The molecule has 0 atom stereocenters. The van der Waals surface area contributed by atoms with Crippen LogP contribution >= 0.6 is 0 Å². The first-order valence-corrected chi connectivity index (χ1v) is 9.02. The van der Waals surface area contributed by atoms with E-state index >= 15 is 0 Å². The number of anilines is 1. The molecular formula is C19H28N2O3. The molecule has 0 heterocycles. The number of hydrogen-bond donors (Lipinski definition) is 3. The third-order valence-corrected chi connectivity index (χ3v) is 4.70. The van der Waals surface area contributed by atoms with E-state index in [1.54, 1.807) is 5.48 Å². The second kappa shape index (κ2) is 10.1. The smallest absolute Gasteiger partial charge is 0.243 e. The van der Waals surface area contributed by atoms with Gasteiger partial charge in [0.05, 0.1) is 0 Å². The van der Waals surface area contributed by atoms with Crippen LogP contribution in [0.1, 0.15) is 75.7 Å². The predicted octanol–water partition coefficient (Wildman–Crippen LogP) is 4.13. The van der Waals surface area contributed by atoms with Crippen molar-refractivity contribution in [3.05, 3.63) is 29.8 Å². The zero-order chi connectivity index (χ0) is 17.2. The van der Waals surface area contributed by atoms with Crippen molar-refractivity contribution in [1.29, 1.82) is 0 Å². The number of unbranched alkanes of at least 4 members (excludes halogenated alkanes) is 2. The van der Waals surface area contributed by atoms with Gasteiger partial charge >= 0.3 is 0 Å². The van der Waals surface area contributed by atoms with Crippen LogP contribution in [0.2, 0.25) is 0 Å². The topological polar surface area (TPSA) is 78.4 Å². The largest absolute Gasteiger partial charge is 0.326 e. The average Bonchev–Trinajstić information content (AvgIpc) is 2.62. The summed E-state index contributed by atoms with van der Waals surface area (Å²) in [6.07, 6.45) is 9.51. The van der Waals surface area contributed by atoms with Gasteiger partial charge in [0.2, 0.25) is 11.8 Å². The minimum absolute atomic E-state index is 0.00651. The Morgan fingerprint density at radius 1 is 0.917 bits per heavy atom. The predicted molar refractivity (Wildman–Crippen MR) is 93.9 cm³/mol. The molecule has 1 fully saturated rings. The summed E-state index contributed by atoms with van der Waals surface area (Å²) in [6, 6.07) is 8.26. The van der Waals surface area contributed by atoms with E-state index in [4.69, 9.17) is 5.21 Å². The molecule has 2 rings (SSSR count). The van der Waals surface area contributed by atoms with Crippen molar-refractivity contribution in [3.8, 4) is 0 Å². The monoisotopic (exact) mass is 332 g/mol. The van der Waals surface area contributed by atoms with E-state index in [1.165, 1.54) is 37.7 Å². The number of benzene rings is 1. The molecule has 1 aromatic carbocycles. The molecule has 1 aliphatic rings. The van der Waals surface area contributed by atoms with Crippen LogP contribution in [0.3, 0.4) is 0 Å². The molecule has 1 saturated carbocycles. The first-order valence-electron chi connectivity index (χ1n) is 9.02. The molecule has 5 heteroatoms. The number of hydroxylamine groups is 1. The summed E-state index contributed by atoms with van der Waals surface area (Å²) in [6.45, 7) is 0. The lowest BCUT2D eigenvalue weighted by molar-refractivity contribution is -0.129. The van der Waals surface area contributed by atoms with Crippen LogP contribution in [0, 0.1) is 0 Å². The van der Waals surface area contributed by atoms with Crippen molar-refractivity contribution < 1.29 is 14.8 Å². The SMILES string of the molecule is O=C(CCCCCC(=O)Nc1ccc(C2CCCCC2)cc1)NO. The van der Waals surface area contributed by atoms with E-state index in [0.717, 1.165) is 18.5 Å². The summed E-state index contributed by atoms with van der Waals surface area (Å²) in [7, 11) is 0. The van der Waals surface area contributed by atoms with Gasteiger partial charge in [0.25, 0.3) is 0 Å². The van der Waals surface area contributed by atoms with Crippen molar-refractivity contribution >= 4 is 17.5 Å². The maximum Gasteiger partial charge on any atom is 0.243 e. The number of carbonyl (C=O) groups excluding carboxylic acids is 2. The van der Waals surface area contributed by atoms with Crippen LogP contribution < -0.4 is 10.8 Å². The molecule has 0 radical (unpaired) electrons. The molecule has 1 aromatic rings. The number of nitrogens with one attached hydrogen (secondary N) is 2. The van der Waals surface area contributed by atoms with Gasteiger partial charge in [-0.3, -0.25) is 14.8 Å². The van der Waals surface area contributed by atoms with Gasteiger partial charge in [-0.15, -0.1) is 0 Å². The summed E-state index contributed by atoms with van der Waals surface area (Å²) in [5.74, 6) is 0.309. The summed E-state index contributed by atoms with van der Waals surface area (Å²) >= 11 is 0. The van der Waals surface area contributed by atoms with Gasteiger partial charge in [-0.25, -0.2) is 5.48 Å². The lowest BCUT2D eigenvalue weighted by Gasteiger charge is -2.22. The van der Waals surface area contributed by atoms with E-state index in [1.807, 2.05) is 12.1 Å². The van der Waals surface area contributed by atoms with E-state index in [2.05, 4.69) is 17.4 Å². The maximum atomic E-state index is 11.9. The van der Waals surface area contributed by atoms with Crippen molar-refractivity contribution in [1.82, 2.24) is 5.48 Å². The van der Waals surface area contributed by atoms with Crippen LogP contribution in [-0.2, 0) is 9.59 Å². The lowest BCUT2D eigenvalue weighted by atomic mass is 9.84. The number of amides is 2. The van der Waals surface area contributed by atoms with Crippen LogP contribution in [0.25, 0.3) is 0 Å². The van der Waals surface area contributed by atoms with Gasteiger partial charge in [0.15, 0.2) is 0 Å². The lowest BCUT2D eigenvalue weighted by Crippen LogP contribution is -2.17.